The summed E-state index contributed by atoms with van der Waals surface area (Å²) in [4.78, 5) is 10.9. The molecule has 0 saturated heterocycles. The molecule has 1 aliphatic carbocycles. The van der Waals surface area contributed by atoms with Crippen LogP contribution in [0, 0.1) is 12.7 Å². The van der Waals surface area contributed by atoms with Crippen LogP contribution in [-0.2, 0) is 0 Å². The molecule has 1 aliphatic rings. The van der Waals surface area contributed by atoms with Crippen molar-refractivity contribution in [2.24, 2.45) is 0 Å². The summed E-state index contributed by atoms with van der Waals surface area (Å²) in [5.41, 5.74) is 1.70. The Balaban J connectivity index is 2.01. The van der Waals surface area contributed by atoms with E-state index in [1.165, 1.54) is 12.1 Å². The van der Waals surface area contributed by atoms with Gasteiger partial charge in [-0.15, -0.1) is 0 Å². The molecular formula is C15H15ClFN3. The summed E-state index contributed by atoms with van der Waals surface area (Å²) < 4.78 is 13.0. The molecule has 0 radical (unpaired) electrons. The number of nitrogens with zero attached hydrogens (tertiary/aromatic N) is 3. The van der Waals surface area contributed by atoms with E-state index < -0.39 is 0 Å². The van der Waals surface area contributed by atoms with Crippen molar-refractivity contribution in [2.75, 3.05) is 11.9 Å². The van der Waals surface area contributed by atoms with Gasteiger partial charge in [-0.25, -0.2) is 14.4 Å². The van der Waals surface area contributed by atoms with Gasteiger partial charge in [-0.3, -0.25) is 0 Å². The van der Waals surface area contributed by atoms with Gasteiger partial charge in [0.05, 0.1) is 0 Å². The van der Waals surface area contributed by atoms with Crippen LogP contribution in [0.4, 0.5) is 15.9 Å². The molecule has 0 atom stereocenters. The van der Waals surface area contributed by atoms with Crippen LogP contribution in [0.3, 0.4) is 0 Å². The van der Waals surface area contributed by atoms with E-state index in [1.54, 1.807) is 12.1 Å². The van der Waals surface area contributed by atoms with Gasteiger partial charge < -0.3 is 4.90 Å². The zero-order valence-electron chi connectivity index (χ0n) is 11.4. The van der Waals surface area contributed by atoms with Gasteiger partial charge in [0, 0.05) is 24.2 Å². The first kappa shape index (κ1) is 13.3. The summed E-state index contributed by atoms with van der Waals surface area (Å²) in [5, 5.41) is 0.492. The molecule has 3 nitrogen and oxygen atoms in total. The molecule has 0 aliphatic heterocycles. The molecule has 5 heteroatoms. The minimum absolute atomic E-state index is 0.252. The Morgan fingerprint density at radius 3 is 2.45 bits per heavy atom. The summed E-state index contributed by atoms with van der Waals surface area (Å²) in [7, 11) is 1.90. The number of hydrogen-bond donors (Lipinski definition) is 0. The standard InChI is InChI=1S/C15H15ClFN3/c1-9-13(16)18-14(10-3-4-10)19-15(9)20(2)12-7-5-11(17)6-8-12/h5-8,10H,3-4H2,1-2H3. The predicted octanol–water partition coefficient (Wildman–Crippen LogP) is 4.22. The Morgan fingerprint density at radius 1 is 1.20 bits per heavy atom. The van der Waals surface area contributed by atoms with Crippen molar-refractivity contribution in [2.45, 2.75) is 25.7 Å². The highest BCUT2D eigenvalue weighted by molar-refractivity contribution is 6.30. The predicted molar refractivity (Wildman–Crippen MR) is 78.2 cm³/mol. The lowest BCUT2D eigenvalue weighted by Gasteiger charge is -2.21. The number of anilines is 2. The molecule has 0 unspecified atom stereocenters. The Hall–Kier alpha value is -1.68. The van der Waals surface area contributed by atoms with E-state index in [-0.39, 0.29) is 5.82 Å². The molecule has 104 valence electrons. The Kier molecular flexibility index (Phi) is 3.34. The third-order valence-corrected chi connectivity index (χ3v) is 3.92. The topological polar surface area (TPSA) is 29.0 Å². The van der Waals surface area contributed by atoms with Crippen molar-refractivity contribution in [1.82, 2.24) is 9.97 Å². The van der Waals surface area contributed by atoms with Gasteiger partial charge in [0.1, 0.15) is 22.6 Å². The molecule has 3 rings (SSSR count). The van der Waals surface area contributed by atoms with E-state index in [1.807, 2.05) is 18.9 Å². The zero-order valence-corrected chi connectivity index (χ0v) is 12.2. The van der Waals surface area contributed by atoms with Gasteiger partial charge in [0.2, 0.25) is 0 Å². The number of halogens is 2. The van der Waals surface area contributed by atoms with Crippen molar-refractivity contribution in [3.05, 3.63) is 46.6 Å². The minimum atomic E-state index is -0.252. The Labute approximate surface area is 122 Å². The highest BCUT2D eigenvalue weighted by Gasteiger charge is 2.28. The molecule has 1 aromatic carbocycles. The molecule has 0 amide bonds. The number of hydrogen-bond acceptors (Lipinski definition) is 3. The number of aromatic nitrogens is 2. The second-order valence-corrected chi connectivity index (χ2v) is 5.49. The average molecular weight is 292 g/mol. The smallest absolute Gasteiger partial charge is 0.140 e. The average Bonchev–Trinajstić information content (AvgIpc) is 3.26. The fourth-order valence-corrected chi connectivity index (χ4v) is 2.30. The quantitative estimate of drug-likeness (QED) is 0.793. The second-order valence-electron chi connectivity index (χ2n) is 5.13. The summed E-state index contributed by atoms with van der Waals surface area (Å²) in [5.74, 6) is 1.77. The molecule has 2 aromatic rings. The van der Waals surface area contributed by atoms with E-state index in [4.69, 9.17) is 11.6 Å². The van der Waals surface area contributed by atoms with Crippen LogP contribution in [-0.4, -0.2) is 17.0 Å². The monoisotopic (exact) mass is 291 g/mol. The fraction of sp³-hybridized carbons (Fsp3) is 0.333. The van der Waals surface area contributed by atoms with Gasteiger partial charge in [0.25, 0.3) is 0 Å². The lowest BCUT2D eigenvalue weighted by Crippen LogP contribution is -2.14. The van der Waals surface area contributed by atoms with Gasteiger partial charge >= 0.3 is 0 Å². The van der Waals surface area contributed by atoms with E-state index >= 15 is 0 Å². The molecule has 0 N–H and O–H groups in total. The highest BCUT2D eigenvalue weighted by atomic mass is 35.5. The van der Waals surface area contributed by atoms with Crippen LogP contribution in [0.15, 0.2) is 24.3 Å². The third-order valence-electron chi connectivity index (χ3n) is 3.55. The number of rotatable bonds is 3. The van der Waals surface area contributed by atoms with Crippen molar-refractivity contribution >= 4 is 23.1 Å². The van der Waals surface area contributed by atoms with Crippen LogP contribution in [0.2, 0.25) is 5.15 Å². The first-order chi connectivity index (χ1) is 9.56. The van der Waals surface area contributed by atoms with Gasteiger partial charge in [0.15, 0.2) is 0 Å². The first-order valence-corrected chi connectivity index (χ1v) is 6.97. The van der Waals surface area contributed by atoms with Gasteiger partial charge in [-0.1, -0.05) is 11.6 Å². The maximum atomic E-state index is 13.0. The Bertz CT molecular complexity index is 638. The normalized spacial score (nSPS) is 14.4. The van der Waals surface area contributed by atoms with E-state index in [9.17, 15) is 4.39 Å². The van der Waals surface area contributed by atoms with Crippen molar-refractivity contribution in [3.8, 4) is 0 Å². The second kappa shape index (κ2) is 5.02. The maximum Gasteiger partial charge on any atom is 0.140 e. The summed E-state index contributed by atoms with van der Waals surface area (Å²) in [6, 6.07) is 6.32. The van der Waals surface area contributed by atoms with Crippen LogP contribution in [0.1, 0.15) is 30.1 Å². The molecule has 20 heavy (non-hydrogen) atoms. The lowest BCUT2D eigenvalue weighted by atomic mass is 10.2. The van der Waals surface area contributed by atoms with Crippen LogP contribution >= 0.6 is 11.6 Å². The molecule has 1 heterocycles. The SMILES string of the molecule is Cc1c(Cl)nc(C2CC2)nc1N(C)c1ccc(F)cc1. The maximum absolute atomic E-state index is 13.0. The molecule has 1 aromatic heterocycles. The molecule has 0 bridgehead atoms. The van der Waals surface area contributed by atoms with Crippen LogP contribution in [0.5, 0.6) is 0 Å². The van der Waals surface area contributed by atoms with Gasteiger partial charge in [-0.2, -0.15) is 0 Å². The van der Waals surface area contributed by atoms with Crippen molar-refractivity contribution < 1.29 is 4.39 Å². The summed E-state index contributed by atoms with van der Waals surface area (Å²) in [6.07, 6.45) is 2.25. The Morgan fingerprint density at radius 2 is 1.85 bits per heavy atom. The van der Waals surface area contributed by atoms with E-state index in [2.05, 4.69) is 9.97 Å². The zero-order chi connectivity index (χ0) is 14.3. The van der Waals surface area contributed by atoms with Crippen molar-refractivity contribution in [3.63, 3.8) is 0 Å². The number of benzene rings is 1. The van der Waals surface area contributed by atoms with Gasteiger partial charge in [-0.05, 0) is 44.0 Å². The molecule has 1 saturated carbocycles. The van der Waals surface area contributed by atoms with E-state index in [0.717, 1.165) is 35.7 Å². The van der Waals surface area contributed by atoms with Crippen LogP contribution in [0.25, 0.3) is 0 Å². The summed E-state index contributed by atoms with van der Waals surface area (Å²) >= 11 is 6.21. The fourth-order valence-electron chi connectivity index (χ4n) is 2.13. The van der Waals surface area contributed by atoms with Crippen LogP contribution < -0.4 is 4.90 Å². The van der Waals surface area contributed by atoms with Crippen molar-refractivity contribution in [1.29, 1.82) is 0 Å². The molecule has 0 spiro atoms. The van der Waals surface area contributed by atoms with E-state index in [0.29, 0.717) is 11.1 Å². The minimum Gasteiger partial charge on any atom is -0.329 e. The molecular weight excluding hydrogens is 277 g/mol. The lowest BCUT2D eigenvalue weighted by molar-refractivity contribution is 0.628. The summed E-state index contributed by atoms with van der Waals surface area (Å²) in [6.45, 7) is 1.90. The first-order valence-electron chi connectivity index (χ1n) is 6.59. The molecule has 1 fully saturated rings. The third kappa shape index (κ3) is 2.48. The largest absolute Gasteiger partial charge is 0.329 e. The highest BCUT2D eigenvalue weighted by Crippen LogP contribution is 2.40.